The summed E-state index contributed by atoms with van der Waals surface area (Å²) < 4.78 is 24.1. The van der Waals surface area contributed by atoms with Crippen molar-refractivity contribution in [3.63, 3.8) is 0 Å². The van der Waals surface area contributed by atoms with Gasteiger partial charge in [0.15, 0.2) is 12.6 Å². The Morgan fingerprint density at radius 2 is 1.62 bits per heavy atom. The van der Waals surface area contributed by atoms with Crippen molar-refractivity contribution in [1.29, 1.82) is 0 Å². The number of hydrogen-bond acceptors (Lipinski definition) is 12. The van der Waals surface area contributed by atoms with Crippen LogP contribution in [0, 0.1) is 46.3 Å². The Labute approximate surface area is 309 Å². The van der Waals surface area contributed by atoms with E-state index in [1.807, 2.05) is 0 Å². The highest BCUT2D eigenvalue weighted by Gasteiger charge is 2.63. The average Bonchev–Trinajstić information content (AvgIpc) is 3.38. The lowest BCUT2D eigenvalue weighted by atomic mass is 9.46. The molecule has 3 aliphatic heterocycles. The smallest absolute Gasteiger partial charge is 0.187 e. The van der Waals surface area contributed by atoms with Crippen molar-refractivity contribution in [3.8, 4) is 0 Å². The van der Waals surface area contributed by atoms with Gasteiger partial charge in [0.25, 0.3) is 0 Å². The summed E-state index contributed by atoms with van der Waals surface area (Å²) in [6.45, 7) is 11.8. The van der Waals surface area contributed by atoms with Gasteiger partial charge >= 0.3 is 0 Å². The van der Waals surface area contributed by atoms with Crippen LogP contribution in [0.1, 0.15) is 92.4 Å². The summed E-state index contributed by atoms with van der Waals surface area (Å²) in [5.74, 6) is 3.03. The summed E-state index contributed by atoms with van der Waals surface area (Å²) in [4.78, 5) is 2.56. The minimum absolute atomic E-state index is 0.0122. The molecule has 0 aromatic heterocycles. The topological polar surface area (TPSA) is 182 Å². The second-order valence-corrected chi connectivity index (χ2v) is 18.7. The van der Waals surface area contributed by atoms with Gasteiger partial charge in [-0.25, -0.2) is 0 Å². The van der Waals surface area contributed by atoms with Gasteiger partial charge in [-0.3, -0.25) is 0 Å². The van der Waals surface area contributed by atoms with Gasteiger partial charge in [0, 0.05) is 12.6 Å². The first kappa shape index (κ1) is 39.5. The molecule has 298 valence electrons. The summed E-state index contributed by atoms with van der Waals surface area (Å²) in [5.41, 5.74) is 1.51. The van der Waals surface area contributed by atoms with E-state index in [0.29, 0.717) is 42.1 Å². The summed E-state index contributed by atoms with van der Waals surface area (Å²) >= 11 is 0. The third kappa shape index (κ3) is 6.66. The van der Waals surface area contributed by atoms with Gasteiger partial charge in [0.1, 0.15) is 42.7 Å². The van der Waals surface area contributed by atoms with Crippen molar-refractivity contribution >= 4 is 0 Å². The molecule has 3 heterocycles. The van der Waals surface area contributed by atoms with E-state index < -0.39 is 68.0 Å². The molecular formula is C40H67NO11. The van der Waals surface area contributed by atoms with Crippen LogP contribution in [0.3, 0.4) is 0 Å². The zero-order valence-corrected chi connectivity index (χ0v) is 32.0. The molecule has 0 unspecified atom stereocenters. The van der Waals surface area contributed by atoms with Crippen LogP contribution in [0.5, 0.6) is 0 Å². The van der Waals surface area contributed by atoms with Crippen molar-refractivity contribution in [1.82, 2.24) is 4.90 Å². The predicted octanol–water partition coefficient (Wildman–Crippen LogP) is 1.94. The van der Waals surface area contributed by atoms with Crippen molar-refractivity contribution < 1.29 is 54.7 Å². The molecule has 12 heteroatoms. The van der Waals surface area contributed by atoms with Crippen LogP contribution in [0.4, 0.5) is 0 Å². The molecular weight excluding hydrogens is 670 g/mol. The molecule has 3 saturated heterocycles. The van der Waals surface area contributed by atoms with Gasteiger partial charge < -0.3 is 59.6 Å². The van der Waals surface area contributed by atoms with Crippen molar-refractivity contribution in [3.05, 3.63) is 11.6 Å². The molecule has 0 aromatic rings. The summed E-state index contributed by atoms with van der Waals surface area (Å²) in [7, 11) is 2.28. The Bertz CT molecular complexity index is 1290. The molecule has 0 radical (unpaired) electrons. The second-order valence-electron chi connectivity index (χ2n) is 18.7. The lowest BCUT2D eigenvalue weighted by molar-refractivity contribution is -0.369. The number of rotatable bonds is 7. The Morgan fingerprint density at radius 1 is 0.865 bits per heavy atom. The fourth-order valence-corrected chi connectivity index (χ4v) is 12.8. The monoisotopic (exact) mass is 737 g/mol. The zero-order valence-electron chi connectivity index (χ0n) is 32.0. The molecule has 4 aliphatic carbocycles. The highest BCUT2D eigenvalue weighted by molar-refractivity contribution is 5.26. The maximum Gasteiger partial charge on any atom is 0.187 e. The number of allylic oxidation sites excluding steroid dienone is 1. The minimum Gasteiger partial charge on any atom is -0.394 e. The van der Waals surface area contributed by atoms with E-state index in [0.717, 1.165) is 51.0 Å². The van der Waals surface area contributed by atoms with Crippen LogP contribution in [-0.4, -0.2) is 141 Å². The molecule has 7 N–H and O–H groups in total. The minimum atomic E-state index is -1.61. The van der Waals surface area contributed by atoms with E-state index in [9.17, 15) is 35.7 Å². The SMILES string of the molecule is C[C@H]1CC[C@@H]([C@@H](C)[C@H]2[C@@H](O)C[C@H]3[C@@H]4CC=C5C[C@@H](O[C@@H]6O[C@H](CO)[C@@H](O)[C@H](O)[C@H]6O[C@@H]6O[C@@H](C)[C@H](O)[C@@H](O)[C@H]6O)CC[C@]5(C)[C@H]4CC[C@]23C)N(C)C1. The summed E-state index contributed by atoms with van der Waals surface area (Å²) in [6.07, 6.45) is -2.53. The number of likely N-dealkylation sites (tertiary alicyclic amines) is 1. The highest BCUT2D eigenvalue weighted by atomic mass is 16.8. The van der Waals surface area contributed by atoms with Crippen LogP contribution in [0.2, 0.25) is 0 Å². The molecule has 21 atom stereocenters. The maximum atomic E-state index is 11.8. The van der Waals surface area contributed by atoms with Gasteiger partial charge in [-0.05, 0) is 118 Å². The van der Waals surface area contributed by atoms with E-state index in [4.69, 9.17) is 18.9 Å². The Kier molecular flexibility index (Phi) is 11.4. The van der Waals surface area contributed by atoms with Gasteiger partial charge in [-0.2, -0.15) is 0 Å². The molecule has 12 nitrogen and oxygen atoms in total. The zero-order chi connectivity index (χ0) is 37.4. The molecule has 0 spiro atoms. The lowest BCUT2D eigenvalue weighted by Crippen LogP contribution is -2.64. The van der Waals surface area contributed by atoms with E-state index in [-0.39, 0.29) is 23.0 Å². The van der Waals surface area contributed by atoms with Gasteiger partial charge in [-0.1, -0.05) is 39.3 Å². The average molecular weight is 738 g/mol. The van der Waals surface area contributed by atoms with Crippen molar-refractivity contribution in [2.75, 3.05) is 20.2 Å². The van der Waals surface area contributed by atoms with Crippen molar-refractivity contribution in [2.24, 2.45) is 46.3 Å². The molecule has 7 aliphatic rings. The normalized spacial score (nSPS) is 54.8. The van der Waals surface area contributed by atoms with Crippen LogP contribution >= 0.6 is 0 Å². The first-order chi connectivity index (χ1) is 24.6. The van der Waals surface area contributed by atoms with E-state index >= 15 is 0 Å². The number of aliphatic hydroxyl groups is 7. The first-order valence-electron chi connectivity index (χ1n) is 20.3. The highest BCUT2D eigenvalue weighted by Crippen LogP contribution is 2.67. The summed E-state index contributed by atoms with van der Waals surface area (Å²) in [5, 5.41) is 74.7. The van der Waals surface area contributed by atoms with Crippen LogP contribution in [-0.2, 0) is 18.9 Å². The van der Waals surface area contributed by atoms with Gasteiger partial charge in [0.05, 0.1) is 24.9 Å². The number of hydrogen-bond donors (Lipinski definition) is 7. The summed E-state index contributed by atoms with van der Waals surface area (Å²) in [6, 6.07) is 0.522. The fourth-order valence-electron chi connectivity index (χ4n) is 12.8. The molecule has 0 amide bonds. The Morgan fingerprint density at radius 3 is 2.33 bits per heavy atom. The van der Waals surface area contributed by atoms with Crippen LogP contribution in [0.25, 0.3) is 0 Å². The molecule has 6 fully saturated rings. The molecule has 3 saturated carbocycles. The third-order valence-electron chi connectivity index (χ3n) is 15.7. The molecule has 0 aromatic carbocycles. The quantitative estimate of drug-likeness (QED) is 0.189. The molecule has 7 rings (SSSR count). The molecule has 0 bridgehead atoms. The van der Waals surface area contributed by atoms with Crippen LogP contribution in [0.15, 0.2) is 11.6 Å². The standard InChI is InChI=1S/C40H67NO11/c1-19-7-10-27(41(6)17-19)20(2)30-28(43)16-26-24-9-8-22-15-23(11-13-39(22,4)25(24)12-14-40(26,30)5)50-38-36(34(47)32(45)29(18-42)51-38)52-37-35(48)33(46)31(44)21(3)49-37/h8,19-21,23-38,42-48H,7,9-18H2,1-6H3/t19-,20+,21-,23-,24+,25-,26-,27-,28-,29+,30-,31-,32+,33+,34-,35+,36+,37-,38+,39-,40-/m0/s1. The van der Waals surface area contributed by atoms with E-state index in [2.05, 4.69) is 45.7 Å². The van der Waals surface area contributed by atoms with E-state index in [1.54, 1.807) is 0 Å². The number of ether oxygens (including phenoxy) is 4. The number of piperidine rings is 1. The second kappa shape index (κ2) is 15.0. The number of fused-ring (bicyclic) bond motifs is 5. The first-order valence-corrected chi connectivity index (χ1v) is 20.3. The van der Waals surface area contributed by atoms with E-state index in [1.165, 1.54) is 25.3 Å². The Balaban J connectivity index is 1.05. The number of nitrogens with zero attached hydrogens (tertiary/aromatic N) is 1. The number of aliphatic hydroxyl groups excluding tert-OH is 7. The third-order valence-corrected chi connectivity index (χ3v) is 15.7. The lowest BCUT2D eigenvalue weighted by Gasteiger charge is -2.59. The maximum absolute atomic E-state index is 11.8. The molecule has 52 heavy (non-hydrogen) atoms. The largest absolute Gasteiger partial charge is 0.394 e. The van der Waals surface area contributed by atoms with Crippen LogP contribution < -0.4 is 0 Å². The van der Waals surface area contributed by atoms with Gasteiger partial charge in [0.2, 0.25) is 0 Å². The van der Waals surface area contributed by atoms with Crippen molar-refractivity contribution in [2.45, 2.75) is 172 Å². The Hall–Kier alpha value is -0.740. The fraction of sp³-hybridized carbons (Fsp3) is 0.950. The van der Waals surface area contributed by atoms with Gasteiger partial charge in [-0.15, -0.1) is 0 Å². The predicted molar refractivity (Wildman–Crippen MR) is 190 cm³/mol.